The molecule has 21 heavy (non-hydrogen) atoms. The molecule has 4 nitrogen and oxygen atoms in total. The van der Waals surface area contributed by atoms with Crippen LogP contribution in [0.25, 0.3) is 0 Å². The van der Waals surface area contributed by atoms with Crippen LogP contribution in [-0.2, 0) is 6.54 Å². The van der Waals surface area contributed by atoms with Crippen LogP contribution in [0, 0.1) is 0 Å². The lowest BCUT2D eigenvalue weighted by atomic mass is 9.96. The minimum atomic E-state index is 0.564. The van der Waals surface area contributed by atoms with E-state index in [1.165, 1.54) is 37.8 Å². The highest BCUT2D eigenvalue weighted by atomic mass is 15.3. The van der Waals surface area contributed by atoms with Gasteiger partial charge in [0.05, 0.1) is 11.7 Å². The smallest absolute Gasteiger partial charge is 0.0764 e. The van der Waals surface area contributed by atoms with E-state index in [2.05, 4.69) is 47.9 Å². The number of hydrogen-bond donors (Lipinski definition) is 1. The molecule has 1 aliphatic carbocycles. The zero-order valence-electron chi connectivity index (χ0n) is 14.0. The van der Waals surface area contributed by atoms with Gasteiger partial charge < -0.3 is 5.32 Å². The van der Waals surface area contributed by atoms with Gasteiger partial charge in [0.25, 0.3) is 0 Å². The molecule has 0 bridgehead atoms. The standard InChI is InChI=1S/C17H32N4/c1-4-20(13-11-18-15(2)3)14-16-10-12-21(19-16)17-8-6-5-7-9-17/h10,12,15,17-18H,4-9,11,13-14H2,1-3H3. The Morgan fingerprint density at radius 3 is 2.76 bits per heavy atom. The molecule has 1 aromatic rings. The molecule has 0 aliphatic heterocycles. The number of nitrogens with zero attached hydrogens (tertiary/aromatic N) is 3. The van der Waals surface area contributed by atoms with Gasteiger partial charge in [-0.3, -0.25) is 9.58 Å². The van der Waals surface area contributed by atoms with Gasteiger partial charge >= 0.3 is 0 Å². The summed E-state index contributed by atoms with van der Waals surface area (Å²) in [6, 6.07) is 3.41. The van der Waals surface area contributed by atoms with Crippen LogP contribution in [0.5, 0.6) is 0 Å². The number of rotatable bonds is 8. The van der Waals surface area contributed by atoms with Crippen LogP contribution in [0.4, 0.5) is 0 Å². The Morgan fingerprint density at radius 1 is 1.33 bits per heavy atom. The number of nitrogens with one attached hydrogen (secondary N) is 1. The summed E-state index contributed by atoms with van der Waals surface area (Å²) < 4.78 is 2.22. The molecule has 1 fully saturated rings. The lowest BCUT2D eigenvalue weighted by Gasteiger charge is -2.22. The minimum absolute atomic E-state index is 0.564. The van der Waals surface area contributed by atoms with Crippen molar-refractivity contribution in [3.05, 3.63) is 18.0 Å². The predicted molar refractivity (Wildman–Crippen MR) is 88.4 cm³/mol. The zero-order chi connectivity index (χ0) is 15.1. The van der Waals surface area contributed by atoms with E-state index in [0.717, 1.165) is 26.2 Å². The van der Waals surface area contributed by atoms with E-state index in [4.69, 9.17) is 5.10 Å². The fourth-order valence-electron chi connectivity index (χ4n) is 3.10. The molecule has 1 saturated carbocycles. The first-order valence-corrected chi connectivity index (χ1v) is 8.68. The average Bonchev–Trinajstić information content (AvgIpc) is 2.95. The highest BCUT2D eigenvalue weighted by molar-refractivity contribution is 5.00. The van der Waals surface area contributed by atoms with Crippen molar-refractivity contribution in [3.63, 3.8) is 0 Å². The maximum absolute atomic E-state index is 4.82. The van der Waals surface area contributed by atoms with Gasteiger partial charge in [-0.2, -0.15) is 5.10 Å². The molecule has 0 atom stereocenters. The molecule has 0 saturated heterocycles. The van der Waals surface area contributed by atoms with Crippen LogP contribution in [-0.4, -0.2) is 40.4 Å². The molecule has 1 heterocycles. The van der Waals surface area contributed by atoms with E-state index in [9.17, 15) is 0 Å². The molecule has 4 heteroatoms. The summed E-state index contributed by atoms with van der Waals surface area (Å²) in [6.07, 6.45) is 8.92. The van der Waals surface area contributed by atoms with Gasteiger partial charge in [-0.25, -0.2) is 0 Å². The van der Waals surface area contributed by atoms with E-state index < -0.39 is 0 Å². The van der Waals surface area contributed by atoms with Crippen molar-refractivity contribution < 1.29 is 0 Å². The van der Waals surface area contributed by atoms with E-state index in [-0.39, 0.29) is 0 Å². The molecule has 120 valence electrons. The molecule has 0 amide bonds. The summed E-state index contributed by atoms with van der Waals surface area (Å²) in [6.45, 7) is 10.8. The summed E-state index contributed by atoms with van der Waals surface area (Å²) in [5.41, 5.74) is 1.21. The van der Waals surface area contributed by atoms with E-state index in [1.807, 2.05) is 0 Å². The Hall–Kier alpha value is -0.870. The molecule has 2 rings (SSSR count). The number of aromatic nitrogens is 2. The van der Waals surface area contributed by atoms with Crippen LogP contribution in [0.15, 0.2) is 12.3 Å². The number of hydrogen-bond acceptors (Lipinski definition) is 3. The maximum atomic E-state index is 4.82. The van der Waals surface area contributed by atoms with Crippen LogP contribution in [0.3, 0.4) is 0 Å². The SMILES string of the molecule is CCN(CCNC(C)C)Cc1ccn(C2CCCCC2)n1. The normalized spacial score (nSPS) is 17.0. The van der Waals surface area contributed by atoms with E-state index >= 15 is 0 Å². The van der Waals surface area contributed by atoms with Gasteiger partial charge in [0.1, 0.15) is 0 Å². The summed E-state index contributed by atoms with van der Waals surface area (Å²) in [4.78, 5) is 2.46. The topological polar surface area (TPSA) is 33.1 Å². The first kappa shape index (κ1) is 16.5. The van der Waals surface area contributed by atoms with Crippen LogP contribution in [0.2, 0.25) is 0 Å². The third kappa shape index (κ3) is 5.44. The Morgan fingerprint density at radius 2 is 2.10 bits per heavy atom. The average molecular weight is 292 g/mol. The summed E-state index contributed by atoms with van der Waals surface area (Å²) in [5.74, 6) is 0. The van der Waals surface area contributed by atoms with Crippen LogP contribution < -0.4 is 5.32 Å². The molecule has 0 aromatic carbocycles. The van der Waals surface area contributed by atoms with Gasteiger partial charge in [-0.1, -0.05) is 40.0 Å². The molecule has 1 N–H and O–H groups in total. The highest BCUT2D eigenvalue weighted by Crippen LogP contribution is 2.27. The fraction of sp³-hybridized carbons (Fsp3) is 0.824. The quantitative estimate of drug-likeness (QED) is 0.798. The molecule has 1 aromatic heterocycles. The molecular formula is C17H32N4. The Kier molecular flexibility index (Phi) is 6.71. The molecular weight excluding hydrogens is 260 g/mol. The Balaban J connectivity index is 1.82. The maximum Gasteiger partial charge on any atom is 0.0764 e. The van der Waals surface area contributed by atoms with Crippen molar-refractivity contribution >= 4 is 0 Å². The zero-order valence-corrected chi connectivity index (χ0v) is 14.0. The van der Waals surface area contributed by atoms with Gasteiger partial charge in [-0.05, 0) is 25.5 Å². The Labute approximate surface area is 129 Å². The molecule has 1 aliphatic rings. The second kappa shape index (κ2) is 8.54. The van der Waals surface area contributed by atoms with Crippen molar-refractivity contribution in [1.29, 1.82) is 0 Å². The Bertz CT molecular complexity index is 393. The van der Waals surface area contributed by atoms with E-state index in [0.29, 0.717) is 12.1 Å². The highest BCUT2D eigenvalue weighted by Gasteiger charge is 2.16. The van der Waals surface area contributed by atoms with Crippen molar-refractivity contribution in [2.45, 2.75) is 71.5 Å². The van der Waals surface area contributed by atoms with Gasteiger partial charge in [-0.15, -0.1) is 0 Å². The monoisotopic (exact) mass is 292 g/mol. The summed E-state index contributed by atoms with van der Waals surface area (Å²) >= 11 is 0. The summed E-state index contributed by atoms with van der Waals surface area (Å²) in [7, 11) is 0. The predicted octanol–water partition coefficient (Wildman–Crippen LogP) is 3.21. The molecule has 0 radical (unpaired) electrons. The third-order valence-electron chi connectivity index (χ3n) is 4.43. The molecule has 0 spiro atoms. The van der Waals surface area contributed by atoms with Crippen LogP contribution >= 0.6 is 0 Å². The number of likely N-dealkylation sites (N-methyl/N-ethyl adjacent to an activating group) is 1. The van der Waals surface area contributed by atoms with Gasteiger partial charge in [0.15, 0.2) is 0 Å². The first-order chi connectivity index (χ1) is 10.2. The lowest BCUT2D eigenvalue weighted by molar-refractivity contribution is 0.269. The largest absolute Gasteiger partial charge is 0.313 e. The fourth-order valence-corrected chi connectivity index (χ4v) is 3.10. The molecule has 0 unspecified atom stereocenters. The minimum Gasteiger partial charge on any atom is -0.313 e. The van der Waals surface area contributed by atoms with Crippen molar-refractivity contribution in [2.75, 3.05) is 19.6 Å². The van der Waals surface area contributed by atoms with Gasteiger partial charge in [0, 0.05) is 31.9 Å². The summed E-state index contributed by atoms with van der Waals surface area (Å²) in [5, 5.41) is 8.31. The second-order valence-electron chi connectivity index (χ2n) is 6.56. The van der Waals surface area contributed by atoms with Crippen molar-refractivity contribution in [3.8, 4) is 0 Å². The first-order valence-electron chi connectivity index (χ1n) is 8.68. The van der Waals surface area contributed by atoms with Crippen molar-refractivity contribution in [2.24, 2.45) is 0 Å². The van der Waals surface area contributed by atoms with E-state index in [1.54, 1.807) is 0 Å². The third-order valence-corrected chi connectivity index (χ3v) is 4.43. The van der Waals surface area contributed by atoms with Gasteiger partial charge in [0.2, 0.25) is 0 Å². The lowest BCUT2D eigenvalue weighted by Crippen LogP contribution is -2.34. The second-order valence-corrected chi connectivity index (χ2v) is 6.56. The van der Waals surface area contributed by atoms with Crippen LogP contribution in [0.1, 0.15) is 64.6 Å². The van der Waals surface area contributed by atoms with Crippen molar-refractivity contribution in [1.82, 2.24) is 20.0 Å².